The molecule has 0 saturated heterocycles. The van der Waals surface area contributed by atoms with E-state index < -0.39 is 6.04 Å². The molecular weight excluding hydrogens is 407 g/mol. The smallest absolute Gasteiger partial charge is 0.140 e. The first kappa shape index (κ1) is 16.6. The van der Waals surface area contributed by atoms with E-state index in [1.807, 2.05) is 18.2 Å². The molecule has 0 aliphatic carbocycles. The van der Waals surface area contributed by atoms with Crippen LogP contribution in [0.1, 0.15) is 0 Å². The quantitative estimate of drug-likeness (QED) is 0.281. The van der Waals surface area contributed by atoms with E-state index in [0.29, 0.717) is 0 Å². The zero-order chi connectivity index (χ0) is 19.9. The molecule has 0 aromatic heterocycles. The Morgan fingerprint density at radius 3 is 1.47 bits per heavy atom. The number of rotatable bonds is 0. The van der Waals surface area contributed by atoms with Gasteiger partial charge in [-0.2, -0.15) is 0 Å². The third kappa shape index (κ3) is 1.97. The number of benzene rings is 5. The highest BCUT2D eigenvalue weighted by molar-refractivity contribution is 8.26. The molecule has 2 nitrogen and oxygen atoms in total. The summed E-state index contributed by atoms with van der Waals surface area (Å²) < 4.78 is 12.8. The van der Waals surface area contributed by atoms with E-state index in [0.717, 1.165) is 38.9 Å². The van der Waals surface area contributed by atoms with Crippen LogP contribution in [0.3, 0.4) is 0 Å². The van der Waals surface area contributed by atoms with Crippen LogP contribution < -0.4 is 25.4 Å². The van der Waals surface area contributed by atoms with Crippen molar-refractivity contribution < 1.29 is 9.47 Å². The van der Waals surface area contributed by atoms with Gasteiger partial charge in [-0.15, -0.1) is 0 Å². The van der Waals surface area contributed by atoms with Crippen LogP contribution in [0.25, 0.3) is 21.5 Å². The Labute approximate surface area is 178 Å². The summed E-state index contributed by atoms with van der Waals surface area (Å²) in [6.45, 7) is 0. The summed E-state index contributed by atoms with van der Waals surface area (Å²) in [6, 6.07) is 28.9. The molecule has 5 aromatic rings. The second-order valence-corrected chi connectivity index (χ2v) is 11.9. The summed E-state index contributed by atoms with van der Waals surface area (Å²) in [5, 5.41) is 8.00. The molecule has 0 spiro atoms. The normalized spacial score (nSPS) is 14.9. The summed E-state index contributed by atoms with van der Waals surface area (Å²) in [5.41, 5.74) is 0. The summed E-state index contributed by atoms with van der Waals surface area (Å²) in [4.78, 5) is 0. The van der Waals surface area contributed by atoms with Gasteiger partial charge in [0.15, 0.2) is 0 Å². The molecule has 0 amide bonds. The van der Waals surface area contributed by atoms with Crippen LogP contribution in [0, 0.1) is 0 Å². The van der Waals surface area contributed by atoms with Gasteiger partial charge in [-0.3, -0.25) is 0 Å². The van der Waals surface area contributed by atoms with Crippen LogP contribution in [0.5, 0.6) is 23.0 Å². The van der Waals surface area contributed by atoms with Gasteiger partial charge < -0.3 is 9.47 Å². The Kier molecular flexibility index (Phi) is 3.18. The molecule has 7 rings (SSSR count). The van der Waals surface area contributed by atoms with Crippen LogP contribution in [-0.4, -0.2) is 0 Å². The van der Waals surface area contributed by atoms with Crippen molar-refractivity contribution in [1.29, 1.82) is 0 Å². The molecule has 2 aliphatic rings. The van der Waals surface area contributed by atoms with Crippen molar-refractivity contribution >= 4 is 55.3 Å². The largest absolute Gasteiger partial charge is 0.456 e. The average molecular weight is 422 g/mol. The van der Waals surface area contributed by atoms with Crippen molar-refractivity contribution in [3.05, 3.63) is 91.0 Å². The Morgan fingerprint density at radius 1 is 0.467 bits per heavy atom. The SMILES string of the molecule is S=P12c3c(cccc3Oc3ccc4ccccc4c31)Oc1ccc3ccccc3c12. The van der Waals surface area contributed by atoms with Gasteiger partial charge >= 0.3 is 0 Å². The monoisotopic (exact) mass is 422 g/mol. The molecule has 0 fully saturated rings. The van der Waals surface area contributed by atoms with Crippen LogP contribution in [0.2, 0.25) is 0 Å². The molecule has 30 heavy (non-hydrogen) atoms. The highest BCUT2D eigenvalue weighted by Crippen LogP contribution is 2.60. The molecule has 2 aliphatic heterocycles. The van der Waals surface area contributed by atoms with Gasteiger partial charge in [-0.1, -0.05) is 78.5 Å². The summed E-state index contributed by atoms with van der Waals surface area (Å²) in [6.07, 6.45) is 0. The minimum atomic E-state index is -2.42. The van der Waals surface area contributed by atoms with E-state index in [1.54, 1.807) is 0 Å². The van der Waals surface area contributed by atoms with Crippen LogP contribution >= 0.6 is 6.04 Å². The molecular formula is C26H15O2PS. The molecule has 0 bridgehead atoms. The van der Waals surface area contributed by atoms with Gasteiger partial charge in [0, 0.05) is 10.6 Å². The first-order valence-electron chi connectivity index (χ1n) is 9.89. The molecule has 2 heterocycles. The molecule has 0 radical (unpaired) electrons. The van der Waals surface area contributed by atoms with Gasteiger partial charge in [0.25, 0.3) is 0 Å². The third-order valence-corrected chi connectivity index (χ3v) is 11.0. The highest BCUT2D eigenvalue weighted by atomic mass is 32.4. The Balaban J connectivity index is 1.74. The number of hydrogen-bond donors (Lipinski definition) is 0. The van der Waals surface area contributed by atoms with Gasteiger partial charge in [0.1, 0.15) is 23.0 Å². The van der Waals surface area contributed by atoms with E-state index in [-0.39, 0.29) is 0 Å². The van der Waals surface area contributed by atoms with Gasteiger partial charge in [0.05, 0.1) is 11.3 Å². The lowest BCUT2D eigenvalue weighted by Gasteiger charge is -2.38. The van der Waals surface area contributed by atoms with Crippen molar-refractivity contribution in [3.8, 4) is 23.0 Å². The number of hydrogen-bond acceptors (Lipinski definition) is 3. The van der Waals surface area contributed by atoms with Crippen molar-refractivity contribution in [1.82, 2.24) is 0 Å². The lowest BCUT2D eigenvalue weighted by Crippen LogP contribution is -2.35. The predicted octanol–water partition coefficient (Wildman–Crippen LogP) is 5.96. The standard InChI is InChI=1S/C26H15O2PS/c30-29-24-18-8-3-1-6-16(18)12-14-22(24)27-20-10-5-11-21(26(20)29)28-23-15-13-17-7-2-4-9-19(17)25(23)29/h1-15H. The maximum Gasteiger partial charge on any atom is 0.140 e. The zero-order valence-corrected chi connectivity index (χ0v) is 17.5. The summed E-state index contributed by atoms with van der Waals surface area (Å²) >= 11 is 6.76. The zero-order valence-electron chi connectivity index (χ0n) is 15.8. The van der Waals surface area contributed by atoms with Crippen LogP contribution in [0.4, 0.5) is 0 Å². The van der Waals surface area contributed by atoms with Gasteiger partial charge in [-0.05, 0) is 45.8 Å². The first-order valence-corrected chi connectivity index (χ1v) is 12.7. The lowest BCUT2D eigenvalue weighted by atomic mass is 10.1. The van der Waals surface area contributed by atoms with Gasteiger partial charge in [0.2, 0.25) is 0 Å². The second kappa shape index (κ2) is 5.72. The average Bonchev–Trinajstić information content (AvgIpc) is 2.78. The Bertz CT molecular complexity index is 1480. The first-order chi connectivity index (χ1) is 14.7. The van der Waals surface area contributed by atoms with E-state index in [1.165, 1.54) is 21.5 Å². The van der Waals surface area contributed by atoms with Crippen molar-refractivity contribution in [2.24, 2.45) is 0 Å². The molecule has 0 saturated carbocycles. The number of ether oxygens (including phenoxy) is 2. The van der Waals surface area contributed by atoms with Crippen molar-refractivity contribution in [2.45, 2.75) is 0 Å². The third-order valence-electron chi connectivity index (χ3n) is 6.07. The Morgan fingerprint density at radius 2 is 0.933 bits per heavy atom. The topological polar surface area (TPSA) is 18.5 Å². The predicted molar refractivity (Wildman–Crippen MR) is 128 cm³/mol. The minimum Gasteiger partial charge on any atom is -0.456 e. The number of fused-ring (bicyclic) bond motifs is 8. The van der Waals surface area contributed by atoms with E-state index in [9.17, 15) is 0 Å². The fraction of sp³-hybridized carbons (Fsp3) is 0. The highest BCUT2D eigenvalue weighted by Gasteiger charge is 2.44. The lowest BCUT2D eigenvalue weighted by molar-refractivity contribution is 0.467. The molecule has 142 valence electrons. The van der Waals surface area contributed by atoms with E-state index in [2.05, 4.69) is 72.8 Å². The molecule has 0 atom stereocenters. The Hall–Kier alpha value is -3.13. The molecule has 4 heteroatoms. The van der Waals surface area contributed by atoms with Crippen molar-refractivity contribution in [3.63, 3.8) is 0 Å². The molecule has 0 N–H and O–H groups in total. The van der Waals surface area contributed by atoms with E-state index >= 15 is 0 Å². The summed E-state index contributed by atoms with van der Waals surface area (Å²) in [5.74, 6) is 3.36. The maximum absolute atomic E-state index is 6.76. The summed E-state index contributed by atoms with van der Waals surface area (Å²) in [7, 11) is 0. The van der Waals surface area contributed by atoms with Crippen molar-refractivity contribution in [2.75, 3.05) is 0 Å². The second-order valence-electron chi connectivity index (χ2n) is 7.68. The fourth-order valence-corrected chi connectivity index (χ4v) is 9.98. The maximum atomic E-state index is 6.76. The van der Waals surface area contributed by atoms with Crippen LogP contribution in [0.15, 0.2) is 91.0 Å². The van der Waals surface area contributed by atoms with Gasteiger partial charge in [-0.25, -0.2) is 0 Å². The minimum absolute atomic E-state index is 0.817. The van der Waals surface area contributed by atoms with Crippen LogP contribution in [-0.2, 0) is 11.8 Å². The fourth-order valence-electron chi connectivity index (χ4n) is 4.83. The molecule has 0 unspecified atom stereocenters. The molecule has 5 aromatic carbocycles. The van der Waals surface area contributed by atoms with E-state index in [4.69, 9.17) is 21.3 Å².